The third kappa shape index (κ3) is 6.54. The molecule has 0 saturated carbocycles. The maximum absolute atomic E-state index is 13.4. The van der Waals surface area contributed by atoms with Crippen LogP contribution in [0.15, 0.2) is 42.5 Å². The van der Waals surface area contributed by atoms with Crippen molar-refractivity contribution in [2.75, 3.05) is 13.2 Å². The molecule has 142 valence electrons. The number of nitrogens with one attached hydrogen (secondary N) is 2. The van der Waals surface area contributed by atoms with Crippen molar-refractivity contribution in [3.05, 3.63) is 69.5 Å². The molecular weight excluding hydrogens is 398 g/mol. The molecule has 0 heterocycles. The summed E-state index contributed by atoms with van der Waals surface area (Å²) in [5, 5.41) is 5.62. The number of carbonyl (C=O) groups is 3. The molecule has 0 aliphatic heterocycles. The van der Waals surface area contributed by atoms with Crippen molar-refractivity contribution >= 4 is 41.0 Å². The van der Waals surface area contributed by atoms with Gasteiger partial charge in [0.25, 0.3) is 11.8 Å². The SMILES string of the molecule is O=C(COC(=O)CNC(=O)c1ccccc1F)NCc1ccc(Cl)cc1Cl. The largest absolute Gasteiger partial charge is 0.454 e. The Kier molecular flexibility index (Phi) is 7.57. The van der Waals surface area contributed by atoms with Crippen LogP contribution in [0, 0.1) is 5.82 Å². The Hall–Kier alpha value is -2.64. The van der Waals surface area contributed by atoms with Crippen molar-refractivity contribution in [1.29, 1.82) is 0 Å². The molecule has 0 radical (unpaired) electrons. The van der Waals surface area contributed by atoms with Gasteiger partial charge in [0.1, 0.15) is 12.4 Å². The van der Waals surface area contributed by atoms with Crippen LogP contribution in [0.25, 0.3) is 0 Å². The molecule has 2 aromatic rings. The highest BCUT2D eigenvalue weighted by atomic mass is 35.5. The normalized spacial score (nSPS) is 10.2. The van der Waals surface area contributed by atoms with Crippen molar-refractivity contribution in [3.8, 4) is 0 Å². The minimum Gasteiger partial charge on any atom is -0.454 e. The predicted molar refractivity (Wildman–Crippen MR) is 98.0 cm³/mol. The van der Waals surface area contributed by atoms with Crippen LogP contribution in [0.3, 0.4) is 0 Å². The number of carbonyl (C=O) groups excluding carboxylic acids is 3. The topological polar surface area (TPSA) is 84.5 Å². The van der Waals surface area contributed by atoms with Gasteiger partial charge in [0.15, 0.2) is 6.61 Å². The number of ether oxygens (including phenoxy) is 1. The van der Waals surface area contributed by atoms with E-state index < -0.39 is 36.8 Å². The van der Waals surface area contributed by atoms with Gasteiger partial charge in [0, 0.05) is 16.6 Å². The van der Waals surface area contributed by atoms with Gasteiger partial charge in [-0.3, -0.25) is 14.4 Å². The first-order valence-corrected chi connectivity index (χ1v) is 8.51. The summed E-state index contributed by atoms with van der Waals surface area (Å²) in [6.45, 7) is -0.889. The van der Waals surface area contributed by atoms with Crippen LogP contribution < -0.4 is 10.6 Å². The lowest BCUT2D eigenvalue weighted by atomic mass is 10.2. The second-order valence-corrected chi connectivity index (χ2v) is 6.18. The van der Waals surface area contributed by atoms with Crippen molar-refractivity contribution in [1.82, 2.24) is 10.6 Å². The highest BCUT2D eigenvalue weighted by molar-refractivity contribution is 6.35. The summed E-state index contributed by atoms with van der Waals surface area (Å²) in [5.74, 6) is -2.84. The van der Waals surface area contributed by atoms with Crippen molar-refractivity contribution < 1.29 is 23.5 Å². The Balaban J connectivity index is 1.71. The second-order valence-electron chi connectivity index (χ2n) is 5.34. The van der Waals surface area contributed by atoms with Gasteiger partial charge in [-0.25, -0.2) is 4.39 Å². The zero-order valence-corrected chi connectivity index (χ0v) is 15.4. The molecule has 0 aliphatic rings. The molecule has 27 heavy (non-hydrogen) atoms. The van der Waals surface area contributed by atoms with E-state index in [9.17, 15) is 18.8 Å². The number of rotatable bonds is 7. The Bertz CT molecular complexity index is 861. The van der Waals surface area contributed by atoms with E-state index in [4.69, 9.17) is 27.9 Å². The zero-order valence-electron chi connectivity index (χ0n) is 13.9. The van der Waals surface area contributed by atoms with Gasteiger partial charge in [0.2, 0.25) is 0 Å². The van der Waals surface area contributed by atoms with Gasteiger partial charge < -0.3 is 15.4 Å². The smallest absolute Gasteiger partial charge is 0.325 e. The summed E-state index contributed by atoms with van der Waals surface area (Å²) in [4.78, 5) is 35.1. The van der Waals surface area contributed by atoms with Gasteiger partial charge in [0.05, 0.1) is 5.56 Å². The summed E-state index contributed by atoms with van der Waals surface area (Å²) < 4.78 is 18.2. The van der Waals surface area contributed by atoms with Gasteiger partial charge in [-0.1, -0.05) is 41.4 Å². The lowest BCUT2D eigenvalue weighted by Gasteiger charge is -2.09. The number of benzene rings is 2. The summed E-state index contributed by atoms with van der Waals surface area (Å²) in [7, 11) is 0. The molecule has 2 aromatic carbocycles. The Morgan fingerprint density at radius 1 is 1.04 bits per heavy atom. The van der Waals surface area contributed by atoms with E-state index >= 15 is 0 Å². The standard InChI is InChI=1S/C18H15Cl2FN2O4/c19-12-6-5-11(14(20)7-12)8-22-16(24)10-27-17(25)9-23-18(26)13-3-1-2-4-15(13)21/h1-7H,8-10H2,(H,22,24)(H,23,26). The molecule has 0 fully saturated rings. The summed E-state index contributed by atoms with van der Waals surface area (Å²) in [6.07, 6.45) is 0. The van der Waals surface area contributed by atoms with Gasteiger partial charge >= 0.3 is 5.97 Å². The summed E-state index contributed by atoms with van der Waals surface area (Å²) in [6, 6.07) is 10.2. The van der Waals surface area contributed by atoms with Crippen molar-refractivity contribution in [3.63, 3.8) is 0 Å². The molecule has 0 spiro atoms. The van der Waals surface area contributed by atoms with Crippen LogP contribution in [0.1, 0.15) is 15.9 Å². The molecule has 2 amide bonds. The molecule has 2 N–H and O–H groups in total. The maximum Gasteiger partial charge on any atom is 0.325 e. The molecule has 0 atom stereocenters. The number of esters is 1. The Morgan fingerprint density at radius 2 is 1.78 bits per heavy atom. The van der Waals surface area contributed by atoms with Gasteiger partial charge in [-0.15, -0.1) is 0 Å². The molecule has 0 aliphatic carbocycles. The predicted octanol–water partition coefficient (Wildman–Crippen LogP) is 2.72. The van der Waals surface area contributed by atoms with Gasteiger partial charge in [-0.2, -0.15) is 0 Å². The third-order valence-corrected chi connectivity index (χ3v) is 3.95. The van der Waals surface area contributed by atoms with Gasteiger partial charge in [-0.05, 0) is 29.8 Å². The molecule has 9 heteroatoms. The molecule has 0 bridgehead atoms. The highest BCUT2D eigenvalue weighted by Crippen LogP contribution is 2.20. The molecule has 2 rings (SSSR count). The summed E-state index contributed by atoms with van der Waals surface area (Å²) in [5.41, 5.74) is 0.459. The molecule has 0 aromatic heterocycles. The fraction of sp³-hybridized carbons (Fsp3) is 0.167. The minimum absolute atomic E-state index is 0.135. The lowest BCUT2D eigenvalue weighted by molar-refractivity contribution is -0.147. The van der Waals surface area contributed by atoms with Crippen molar-refractivity contribution in [2.45, 2.75) is 6.54 Å². The summed E-state index contributed by atoms with van der Waals surface area (Å²) >= 11 is 11.8. The average molecular weight is 413 g/mol. The molecule has 0 unspecified atom stereocenters. The van der Waals surface area contributed by atoms with Crippen LogP contribution in [0.4, 0.5) is 4.39 Å². The lowest BCUT2D eigenvalue weighted by Crippen LogP contribution is -2.34. The van der Waals surface area contributed by atoms with E-state index in [1.807, 2.05) is 0 Å². The fourth-order valence-corrected chi connectivity index (χ4v) is 2.48. The van der Waals surface area contributed by atoms with E-state index in [1.54, 1.807) is 18.2 Å². The van der Waals surface area contributed by atoms with Crippen LogP contribution >= 0.6 is 23.2 Å². The van der Waals surface area contributed by atoms with E-state index in [1.165, 1.54) is 18.2 Å². The zero-order chi connectivity index (χ0) is 19.8. The van der Waals surface area contributed by atoms with Crippen molar-refractivity contribution in [2.24, 2.45) is 0 Å². The third-order valence-electron chi connectivity index (χ3n) is 3.37. The second kappa shape index (κ2) is 9.89. The van der Waals surface area contributed by atoms with E-state index in [2.05, 4.69) is 10.6 Å². The quantitative estimate of drug-likeness (QED) is 0.684. The Labute approximate surface area is 164 Å². The van der Waals surface area contributed by atoms with E-state index in [-0.39, 0.29) is 12.1 Å². The van der Waals surface area contributed by atoms with E-state index in [0.717, 1.165) is 6.07 Å². The Morgan fingerprint density at radius 3 is 2.48 bits per heavy atom. The number of hydrogen-bond donors (Lipinski definition) is 2. The van der Waals surface area contributed by atoms with Crippen LogP contribution in [-0.2, 0) is 20.9 Å². The van der Waals surface area contributed by atoms with E-state index in [0.29, 0.717) is 15.6 Å². The number of halogens is 3. The first-order chi connectivity index (χ1) is 12.9. The van der Waals surface area contributed by atoms with Crippen LogP contribution in [-0.4, -0.2) is 30.9 Å². The number of hydrogen-bond acceptors (Lipinski definition) is 4. The fourth-order valence-electron chi connectivity index (χ4n) is 2.00. The monoisotopic (exact) mass is 412 g/mol. The van der Waals surface area contributed by atoms with Crippen LogP contribution in [0.2, 0.25) is 10.0 Å². The minimum atomic E-state index is -0.834. The first-order valence-electron chi connectivity index (χ1n) is 7.76. The average Bonchev–Trinajstić information content (AvgIpc) is 2.64. The molecule has 6 nitrogen and oxygen atoms in total. The first kappa shape index (κ1) is 20.7. The maximum atomic E-state index is 13.4. The van der Waals surface area contributed by atoms with Crippen LogP contribution in [0.5, 0.6) is 0 Å². The molecule has 0 saturated heterocycles. The highest BCUT2D eigenvalue weighted by Gasteiger charge is 2.13. The number of amides is 2. The molecular formula is C18H15Cl2FN2O4.